The van der Waals surface area contributed by atoms with E-state index in [-0.39, 0.29) is 12.2 Å². The first-order valence-electron chi connectivity index (χ1n) is 6.77. The molecule has 0 radical (unpaired) electrons. The SMILES string of the molecule is COc1ccc(C(C#N)CC(=O)c2ccc(C)cc2)cc1. The Kier molecular flexibility index (Phi) is 4.73. The molecule has 2 rings (SSSR count). The predicted octanol–water partition coefficient (Wildman–Crippen LogP) is 3.88. The highest BCUT2D eigenvalue weighted by Crippen LogP contribution is 2.23. The summed E-state index contributed by atoms with van der Waals surface area (Å²) in [6.07, 6.45) is 0.186. The Bertz CT molecular complexity index is 651. The number of methoxy groups -OCH3 is 1. The largest absolute Gasteiger partial charge is 0.497 e. The molecule has 0 fully saturated rings. The molecule has 0 N–H and O–H groups in total. The molecule has 106 valence electrons. The highest BCUT2D eigenvalue weighted by Gasteiger charge is 2.16. The van der Waals surface area contributed by atoms with E-state index in [9.17, 15) is 10.1 Å². The molecule has 0 saturated heterocycles. The zero-order chi connectivity index (χ0) is 15.2. The zero-order valence-corrected chi connectivity index (χ0v) is 12.2. The molecule has 3 nitrogen and oxygen atoms in total. The minimum Gasteiger partial charge on any atom is -0.497 e. The third-order valence-electron chi connectivity index (χ3n) is 3.44. The monoisotopic (exact) mass is 279 g/mol. The standard InChI is InChI=1S/C18H17NO2/c1-13-3-5-15(6-4-13)18(20)11-16(12-19)14-7-9-17(21-2)10-8-14/h3-10,16H,11H2,1-2H3. The van der Waals surface area contributed by atoms with Crippen molar-refractivity contribution < 1.29 is 9.53 Å². The van der Waals surface area contributed by atoms with Gasteiger partial charge in [0.2, 0.25) is 0 Å². The summed E-state index contributed by atoms with van der Waals surface area (Å²) in [6, 6.07) is 16.9. The molecule has 0 aliphatic rings. The fourth-order valence-corrected chi connectivity index (χ4v) is 2.12. The Morgan fingerprint density at radius 1 is 1.14 bits per heavy atom. The van der Waals surface area contributed by atoms with E-state index in [4.69, 9.17) is 4.74 Å². The van der Waals surface area contributed by atoms with Gasteiger partial charge in [-0.15, -0.1) is 0 Å². The fraction of sp³-hybridized carbons (Fsp3) is 0.222. The molecule has 1 unspecified atom stereocenters. The minimum atomic E-state index is -0.440. The van der Waals surface area contributed by atoms with Gasteiger partial charge in [-0.25, -0.2) is 0 Å². The molecule has 1 atom stereocenters. The van der Waals surface area contributed by atoms with Crippen molar-refractivity contribution in [2.45, 2.75) is 19.3 Å². The number of carbonyl (C=O) groups excluding carboxylic acids is 1. The lowest BCUT2D eigenvalue weighted by Gasteiger charge is -2.10. The molecule has 0 aliphatic carbocycles. The highest BCUT2D eigenvalue weighted by molar-refractivity contribution is 5.96. The van der Waals surface area contributed by atoms with Crippen LogP contribution in [-0.4, -0.2) is 12.9 Å². The average molecular weight is 279 g/mol. The molecule has 0 heterocycles. The van der Waals surface area contributed by atoms with Crippen molar-refractivity contribution in [2.24, 2.45) is 0 Å². The predicted molar refractivity (Wildman–Crippen MR) is 81.5 cm³/mol. The Labute approximate surface area is 124 Å². The van der Waals surface area contributed by atoms with E-state index in [2.05, 4.69) is 6.07 Å². The maximum atomic E-state index is 12.2. The number of Topliss-reactive ketones (excluding diaryl/α,β-unsaturated/α-hetero) is 1. The number of ether oxygens (including phenoxy) is 1. The Morgan fingerprint density at radius 2 is 1.76 bits per heavy atom. The summed E-state index contributed by atoms with van der Waals surface area (Å²) in [6.45, 7) is 1.98. The second kappa shape index (κ2) is 6.71. The zero-order valence-electron chi connectivity index (χ0n) is 12.2. The highest BCUT2D eigenvalue weighted by atomic mass is 16.5. The lowest BCUT2D eigenvalue weighted by Crippen LogP contribution is -2.06. The molecule has 0 aromatic heterocycles. The molecule has 0 bridgehead atoms. The summed E-state index contributed by atoms with van der Waals surface area (Å²) in [5.74, 6) is 0.280. The molecular weight excluding hydrogens is 262 g/mol. The van der Waals surface area contributed by atoms with Gasteiger partial charge in [0.1, 0.15) is 5.75 Å². The van der Waals surface area contributed by atoms with E-state index in [1.54, 1.807) is 31.4 Å². The van der Waals surface area contributed by atoms with E-state index >= 15 is 0 Å². The summed E-state index contributed by atoms with van der Waals surface area (Å²) in [5, 5.41) is 9.31. The molecule has 0 spiro atoms. The van der Waals surface area contributed by atoms with Crippen LogP contribution in [0, 0.1) is 18.3 Å². The van der Waals surface area contributed by atoms with Crippen LogP contribution >= 0.6 is 0 Å². The summed E-state index contributed by atoms with van der Waals surface area (Å²) in [4.78, 5) is 12.2. The first-order chi connectivity index (χ1) is 10.1. The van der Waals surface area contributed by atoms with Gasteiger partial charge in [-0.2, -0.15) is 5.26 Å². The molecule has 0 aliphatic heterocycles. The number of aryl methyl sites for hydroxylation is 1. The van der Waals surface area contributed by atoms with Gasteiger partial charge in [0.05, 0.1) is 19.1 Å². The van der Waals surface area contributed by atoms with Gasteiger partial charge in [-0.3, -0.25) is 4.79 Å². The summed E-state index contributed by atoms with van der Waals surface area (Å²) in [7, 11) is 1.59. The van der Waals surface area contributed by atoms with Gasteiger partial charge in [0.25, 0.3) is 0 Å². The minimum absolute atomic E-state index is 0.0163. The quantitative estimate of drug-likeness (QED) is 0.780. The maximum absolute atomic E-state index is 12.2. The maximum Gasteiger partial charge on any atom is 0.164 e. The molecule has 21 heavy (non-hydrogen) atoms. The van der Waals surface area contributed by atoms with E-state index in [1.165, 1.54) is 0 Å². The van der Waals surface area contributed by atoms with Gasteiger partial charge < -0.3 is 4.74 Å². The van der Waals surface area contributed by atoms with E-state index < -0.39 is 5.92 Å². The summed E-state index contributed by atoms with van der Waals surface area (Å²) >= 11 is 0. The molecule has 3 heteroatoms. The number of nitriles is 1. The van der Waals surface area contributed by atoms with Crippen LogP contribution in [0.25, 0.3) is 0 Å². The molecule has 0 saturated carbocycles. The normalized spacial score (nSPS) is 11.5. The fourth-order valence-electron chi connectivity index (χ4n) is 2.12. The van der Waals surface area contributed by atoms with E-state index in [0.29, 0.717) is 5.56 Å². The van der Waals surface area contributed by atoms with Gasteiger partial charge in [0, 0.05) is 12.0 Å². The Balaban J connectivity index is 2.13. The molecule has 0 amide bonds. The second-order valence-corrected chi connectivity index (χ2v) is 4.95. The van der Waals surface area contributed by atoms with Crippen molar-refractivity contribution in [2.75, 3.05) is 7.11 Å². The van der Waals surface area contributed by atoms with Crippen LogP contribution in [0.1, 0.15) is 33.8 Å². The van der Waals surface area contributed by atoms with Crippen LogP contribution < -0.4 is 4.74 Å². The number of hydrogen-bond donors (Lipinski definition) is 0. The number of ketones is 1. The van der Waals surface area contributed by atoms with Crippen LogP contribution in [0.5, 0.6) is 5.75 Å². The summed E-state index contributed by atoms with van der Waals surface area (Å²) < 4.78 is 5.09. The van der Waals surface area contributed by atoms with Crippen LogP contribution in [0.2, 0.25) is 0 Å². The molecular formula is C18H17NO2. The Hall–Kier alpha value is -2.60. The van der Waals surface area contributed by atoms with Crippen LogP contribution in [0.4, 0.5) is 0 Å². The van der Waals surface area contributed by atoms with Crippen molar-refractivity contribution in [3.63, 3.8) is 0 Å². The summed E-state index contributed by atoms with van der Waals surface area (Å²) in [5.41, 5.74) is 2.59. The van der Waals surface area contributed by atoms with Crippen LogP contribution in [0.15, 0.2) is 48.5 Å². The lowest BCUT2D eigenvalue weighted by molar-refractivity contribution is 0.0979. The first kappa shape index (κ1) is 14.8. The first-order valence-corrected chi connectivity index (χ1v) is 6.77. The van der Waals surface area contributed by atoms with Gasteiger partial charge >= 0.3 is 0 Å². The van der Waals surface area contributed by atoms with Crippen molar-refractivity contribution in [1.82, 2.24) is 0 Å². The van der Waals surface area contributed by atoms with Gasteiger partial charge in [-0.1, -0.05) is 42.0 Å². The third kappa shape index (κ3) is 3.70. The average Bonchev–Trinajstić information content (AvgIpc) is 2.53. The van der Waals surface area contributed by atoms with Gasteiger partial charge in [0.15, 0.2) is 5.78 Å². The number of benzene rings is 2. The third-order valence-corrected chi connectivity index (χ3v) is 3.44. The van der Waals surface area contributed by atoms with Crippen molar-refractivity contribution in [3.8, 4) is 11.8 Å². The lowest BCUT2D eigenvalue weighted by atomic mass is 9.92. The van der Waals surface area contributed by atoms with E-state index in [1.807, 2.05) is 31.2 Å². The van der Waals surface area contributed by atoms with Crippen LogP contribution in [0.3, 0.4) is 0 Å². The van der Waals surface area contributed by atoms with Crippen LogP contribution in [-0.2, 0) is 0 Å². The molecule has 2 aromatic rings. The topological polar surface area (TPSA) is 50.1 Å². The number of nitrogens with zero attached hydrogens (tertiary/aromatic N) is 1. The Morgan fingerprint density at radius 3 is 2.29 bits per heavy atom. The van der Waals surface area contributed by atoms with Gasteiger partial charge in [-0.05, 0) is 24.6 Å². The molecule has 2 aromatic carbocycles. The number of rotatable bonds is 5. The number of carbonyl (C=O) groups is 1. The van der Waals surface area contributed by atoms with E-state index in [0.717, 1.165) is 16.9 Å². The van der Waals surface area contributed by atoms with Crippen molar-refractivity contribution in [3.05, 3.63) is 65.2 Å². The van der Waals surface area contributed by atoms with Crippen molar-refractivity contribution in [1.29, 1.82) is 5.26 Å². The van der Waals surface area contributed by atoms with Crippen molar-refractivity contribution >= 4 is 5.78 Å². The number of hydrogen-bond acceptors (Lipinski definition) is 3. The smallest absolute Gasteiger partial charge is 0.164 e. The second-order valence-electron chi connectivity index (χ2n) is 4.95.